The fourth-order valence-corrected chi connectivity index (χ4v) is 5.71. The number of likely N-dealkylation sites (tertiary alicyclic amines) is 1. The van der Waals surface area contributed by atoms with Crippen LogP contribution in [0.15, 0.2) is 0 Å². The Morgan fingerprint density at radius 2 is 1.96 bits per heavy atom. The maximum atomic E-state index is 12.7. The quantitative estimate of drug-likeness (QED) is 0.662. The molecule has 0 bridgehead atoms. The lowest BCUT2D eigenvalue weighted by Gasteiger charge is -2.58. The van der Waals surface area contributed by atoms with E-state index >= 15 is 0 Å². The van der Waals surface area contributed by atoms with Crippen LogP contribution >= 0.6 is 0 Å². The molecule has 2 saturated carbocycles. The van der Waals surface area contributed by atoms with Gasteiger partial charge in [0.2, 0.25) is 11.8 Å². The normalized spacial score (nSPS) is 32.7. The molecule has 3 aliphatic rings. The summed E-state index contributed by atoms with van der Waals surface area (Å²) in [6, 6.07) is 0.00219. The number of amides is 2. The molecule has 160 valence electrons. The molecule has 2 N–H and O–H groups in total. The number of hydrogen-bond acceptors (Lipinski definition) is 4. The predicted molar refractivity (Wildman–Crippen MR) is 110 cm³/mol. The van der Waals surface area contributed by atoms with E-state index in [0.29, 0.717) is 31.1 Å². The molecule has 6 nitrogen and oxygen atoms in total. The van der Waals surface area contributed by atoms with Crippen molar-refractivity contribution in [2.45, 2.75) is 83.4 Å². The van der Waals surface area contributed by atoms with Crippen LogP contribution in [0, 0.1) is 17.3 Å². The number of nitrogens with one attached hydrogen (secondary N) is 1. The summed E-state index contributed by atoms with van der Waals surface area (Å²) in [5.74, 6) is 1.21. The highest BCUT2D eigenvalue weighted by Gasteiger charge is 2.60. The summed E-state index contributed by atoms with van der Waals surface area (Å²) in [6.45, 7) is 5.98. The lowest BCUT2D eigenvalue weighted by molar-refractivity contribution is -0.161. The van der Waals surface area contributed by atoms with Crippen LogP contribution in [0.1, 0.15) is 65.2 Å². The van der Waals surface area contributed by atoms with Crippen molar-refractivity contribution in [2.75, 3.05) is 27.2 Å². The van der Waals surface area contributed by atoms with Gasteiger partial charge in [0.25, 0.3) is 0 Å². The van der Waals surface area contributed by atoms with Gasteiger partial charge in [-0.25, -0.2) is 0 Å². The summed E-state index contributed by atoms with van der Waals surface area (Å²) in [7, 11) is 4.05. The van der Waals surface area contributed by atoms with Crippen LogP contribution < -0.4 is 5.32 Å². The molecule has 6 heteroatoms. The Morgan fingerprint density at radius 1 is 1.25 bits per heavy atom. The van der Waals surface area contributed by atoms with Crippen LogP contribution in [0.3, 0.4) is 0 Å². The second-order valence-electron chi connectivity index (χ2n) is 10.1. The van der Waals surface area contributed by atoms with Crippen LogP contribution in [-0.2, 0) is 9.59 Å². The Balaban J connectivity index is 1.55. The summed E-state index contributed by atoms with van der Waals surface area (Å²) < 4.78 is 0. The SMILES string of the molecule is CC(C)C1N(C(=O)CCCN(C)C)CC12C[C@@H](O)[C@H](NC(=O)CC1CCC1)C2. The Labute approximate surface area is 170 Å². The van der Waals surface area contributed by atoms with Crippen molar-refractivity contribution in [3.05, 3.63) is 0 Å². The number of aliphatic hydroxyl groups is 1. The average Bonchev–Trinajstić information content (AvgIpc) is 2.86. The van der Waals surface area contributed by atoms with E-state index in [1.54, 1.807) is 0 Å². The Kier molecular flexibility index (Phi) is 6.70. The Hall–Kier alpha value is -1.14. The molecular weight excluding hydrogens is 354 g/mol. The standard InChI is InChI=1S/C22H39N3O3/c1-15(2)21-22(14-25(21)20(28)9-6-10-24(3)4)12-17(18(26)13-22)23-19(27)11-16-7-5-8-16/h15-18,21,26H,5-14H2,1-4H3,(H,23,27)/t17-,18-,21?,22?/m1/s1. The van der Waals surface area contributed by atoms with Gasteiger partial charge in [0.15, 0.2) is 0 Å². The molecule has 28 heavy (non-hydrogen) atoms. The minimum absolute atomic E-state index is 0.0425. The van der Waals surface area contributed by atoms with E-state index in [-0.39, 0.29) is 29.3 Å². The van der Waals surface area contributed by atoms with Gasteiger partial charge < -0.3 is 20.2 Å². The van der Waals surface area contributed by atoms with Gasteiger partial charge in [-0.05, 0) is 64.6 Å². The first-order valence-electron chi connectivity index (χ1n) is 11.1. The summed E-state index contributed by atoms with van der Waals surface area (Å²) >= 11 is 0. The van der Waals surface area contributed by atoms with E-state index in [1.165, 1.54) is 6.42 Å². The number of carbonyl (C=O) groups is 2. The van der Waals surface area contributed by atoms with E-state index in [9.17, 15) is 14.7 Å². The van der Waals surface area contributed by atoms with Crippen molar-refractivity contribution in [3.63, 3.8) is 0 Å². The summed E-state index contributed by atoms with van der Waals surface area (Å²) in [6.07, 6.45) is 6.58. The minimum atomic E-state index is -0.502. The second-order valence-corrected chi connectivity index (χ2v) is 10.1. The van der Waals surface area contributed by atoms with Gasteiger partial charge in [-0.1, -0.05) is 20.3 Å². The first-order chi connectivity index (χ1) is 13.2. The average molecular weight is 394 g/mol. The van der Waals surface area contributed by atoms with Crippen LogP contribution in [0.4, 0.5) is 0 Å². The molecule has 1 saturated heterocycles. The third-order valence-electron chi connectivity index (χ3n) is 7.15. The minimum Gasteiger partial charge on any atom is -0.391 e. The Bertz CT molecular complexity index is 575. The highest BCUT2D eigenvalue weighted by Crippen LogP contribution is 2.53. The number of carbonyl (C=O) groups excluding carboxylic acids is 2. The van der Waals surface area contributed by atoms with Gasteiger partial charge in [-0.3, -0.25) is 9.59 Å². The summed E-state index contributed by atoms with van der Waals surface area (Å²) in [4.78, 5) is 29.2. The van der Waals surface area contributed by atoms with Gasteiger partial charge in [0, 0.05) is 30.8 Å². The third-order valence-corrected chi connectivity index (χ3v) is 7.15. The van der Waals surface area contributed by atoms with E-state index in [1.807, 2.05) is 19.0 Å². The maximum absolute atomic E-state index is 12.7. The molecular formula is C22H39N3O3. The van der Waals surface area contributed by atoms with Crippen molar-refractivity contribution < 1.29 is 14.7 Å². The highest BCUT2D eigenvalue weighted by molar-refractivity contribution is 5.78. The van der Waals surface area contributed by atoms with Crippen molar-refractivity contribution in [1.29, 1.82) is 0 Å². The molecule has 2 aliphatic carbocycles. The number of rotatable bonds is 8. The Morgan fingerprint density at radius 3 is 2.54 bits per heavy atom. The third kappa shape index (κ3) is 4.54. The van der Waals surface area contributed by atoms with Crippen LogP contribution in [0.25, 0.3) is 0 Å². The smallest absolute Gasteiger partial charge is 0.222 e. The van der Waals surface area contributed by atoms with Gasteiger partial charge in [-0.15, -0.1) is 0 Å². The first kappa shape index (κ1) is 21.6. The van der Waals surface area contributed by atoms with Crippen molar-refractivity contribution in [1.82, 2.24) is 15.1 Å². The van der Waals surface area contributed by atoms with E-state index < -0.39 is 6.10 Å². The predicted octanol–water partition coefficient (Wildman–Crippen LogP) is 2.01. The zero-order valence-electron chi connectivity index (χ0n) is 18.1. The highest BCUT2D eigenvalue weighted by atomic mass is 16.3. The fourth-order valence-electron chi connectivity index (χ4n) is 5.71. The van der Waals surface area contributed by atoms with Crippen molar-refractivity contribution >= 4 is 11.8 Å². The molecule has 2 amide bonds. The van der Waals surface area contributed by atoms with Crippen LogP contribution in [-0.4, -0.2) is 72.1 Å². The molecule has 3 rings (SSSR count). The molecule has 2 unspecified atom stereocenters. The molecule has 0 radical (unpaired) electrons. The van der Waals surface area contributed by atoms with Gasteiger partial charge in [0.05, 0.1) is 12.1 Å². The van der Waals surface area contributed by atoms with E-state index in [0.717, 1.165) is 38.8 Å². The molecule has 1 aliphatic heterocycles. The number of nitrogens with zero attached hydrogens (tertiary/aromatic N) is 2. The van der Waals surface area contributed by atoms with E-state index in [4.69, 9.17) is 0 Å². The topological polar surface area (TPSA) is 72.9 Å². The number of aliphatic hydroxyl groups excluding tert-OH is 1. The van der Waals surface area contributed by atoms with Crippen molar-refractivity contribution in [3.8, 4) is 0 Å². The molecule has 4 atom stereocenters. The second kappa shape index (κ2) is 8.70. The first-order valence-corrected chi connectivity index (χ1v) is 11.1. The van der Waals surface area contributed by atoms with Crippen LogP contribution in [0.5, 0.6) is 0 Å². The summed E-state index contributed by atoms with van der Waals surface area (Å²) in [5, 5.41) is 13.8. The molecule has 3 fully saturated rings. The lowest BCUT2D eigenvalue weighted by atomic mass is 9.65. The molecule has 0 aromatic heterocycles. The molecule has 0 aromatic rings. The zero-order valence-corrected chi connectivity index (χ0v) is 18.1. The zero-order chi connectivity index (χ0) is 20.5. The monoisotopic (exact) mass is 393 g/mol. The van der Waals surface area contributed by atoms with Gasteiger partial charge in [-0.2, -0.15) is 0 Å². The number of hydrogen-bond donors (Lipinski definition) is 2. The van der Waals surface area contributed by atoms with Crippen molar-refractivity contribution in [2.24, 2.45) is 17.3 Å². The van der Waals surface area contributed by atoms with E-state index in [2.05, 4.69) is 24.1 Å². The van der Waals surface area contributed by atoms with Gasteiger partial charge >= 0.3 is 0 Å². The summed E-state index contributed by atoms with van der Waals surface area (Å²) in [5.41, 5.74) is -0.0425. The van der Waals surface area contributed by atoms with Crippen LogP contribution in [0.2, 0.25) is 0 Å². The largest absolute Gasteiger partial charge is 0.391 e. The lowest BCUT2D eigenvalue weighted by Crippen LogP contribution is -2.67. The van der Waals surface area contributed by atoms with Gasteiger partial charge in [0.1, 0.15) is 0 Å². The fraction of sp³-hybridized carbons (Fsp3) is 0.909. The maximum Gasteiger partial charge on any atom is 0.222 e. The molecule has 1 spiro atoms. The molecule has 0 aromatic carbocycles. The molecule has 1 heterocycles.